The highest BCUT2D eigenvalue weighted by Crippen LogP contribution is 2.28. The van der Waals surface area contributed by atoms with Crippen LogP contribution in [0.2, 0.25) is 5.02 Å². The van der Waals surface area contributed by atoms with Gasteiger partial charge in [-0.3, -0.25) is 10.1 Å². The van der Waals surface area contributed by atoms with Crippen LogP contribution in [0, 0.1) is 10.1 Å². The van der Waals surface area contributed by atoms with E-state index in [9.17, 15) is 18.5 Å². The molecule has 0 amide bonds. The summed E-state index contributed by atoms with van der Waals surface area (Å²) in [7, 11) is -2.66. The predicted molar refractivity (Wildman–Crippen MR) is 94.1 cm³/mol. The van der Waals surface area contributed by atoms with Gasteiger partial charge in [-0.1, -0.05) is 35.9 Å². The monoisotopic (exact) mass is 384 g/mol. The number of methoxy groups -OCH3 is 1. The molecule has 0 aliphatic carbocycles. The Morgan fingerprint density at radius 3 is 2.52 bits per heavy atom. The molecule has 7 nitrogen and oxygen atoms in total. The summed E-state index contributed by atoms with van der Waals surface area (Å²) < 4.78 is 32.9. The van der Waals surface area contributed by atoms with Gasteiger partial charge in [0, 0.05) is 24.7 Å². The third-order valence-electron chi connectivity index (χ3n) is 3.84. The molecule has 2 rings (SSSR count). The normalized spacial score (nSPS) is 14.0. The summed E-state index contributed by atoms with van der Waals surface area (Å²) in [4.78, 5) is 9.93. The summed E-state index contributed by atoms with van der Waals surface area (Å²) in [6, 6.07) is 12.0. The third kappa shape index (κ3) is 4.35. The molecule has 0 aromatic heterocycles. The van der Waals surface area contributed by atoms with Crippen LogP contribution < -0.4 is 4.72 Å². The average Bonchev–Trinajstić information content (AvgIpc) is 2.59. The smallest absolute Gasteiger partial charge is 0.289 e. The summed E-state index contributed by atoms with van der Waals surface area (Å²) >= 11 is 5.98. The standard InChI is InChI=1S/C16H17ClN2O5S/c1-16(24-2,12-6-5-7-13(17)10-12)11-18-25(22,23)15-9-4-3-8-14(15)19(20)21/h3-10,18H,11H2,1-2H3. The van der Waals surface area contributed by atoms with Crippen molar-refractivity contribution in [3.63, 3.8) is 0 Å². The van der Waals surface area contributed by atoms with Crippen LogP contribution in [0.3, 0.4) is 0 Å². The number of sulfonamides is 1. The molecule has 0 radical (unpaired) electrons. The van der Waals surface area contributed by atoms with Gasteiger partial charge in [0.15, 0.2) is 4.90 Å². The molecule has 0 saturated carbocycles. The second-order valence-electron chi connectivity index (χ2n) is 5.49. The number of hydrogen-bond donors (Lipinski definition) is 1. The zero-order valence-corrected chi connectivity index (χ0v) is 15.2. The Labute approximate surface area is 150 Å². The largest absolute Gasteiger partial charge is 0.372 e. The minimum absolute atomic E-state index is 0.127. The van der Waals surface area contributed by atoms with E-state index in [1.165, 1.54) is 25.3 Å². The molecule has 0 bridgehead atoms. The highest BCUT2D eigenvalue weighted by molar-refractivity contribution is 7.89. The summed E-state index contributed by atoms with van der Waals surface area (Å²) in [5.41, 5.74) is -0.814. The van der Waals surface area contributed by atoms with Crippen LogP contribution in [0.25, 0.3) is 0 Å². The van der Waals surface area contributed by atoms with Crippen molar-refractivity contribution in [1.29, 1.82) is 0 Å². The lowest BCUT2D eigenvalue weighted by Gasteiger charge is -2.29. The Hall–Kier alpha value is -2.00. The molecule has 0 heterocycles. The molecule has 1 N–H and O–H groups in total. The molecule has 0 spiro atoms. The van der Waals surface area contributed by atoms with E-state index >= 15 is 0 Å². The number of halogens is 1. The lowest BCUT2D eigenvalue weighted by Crippen LogP contribution is -2.40. The first-order valence-electron chi connectivity index (χ1n) is 7.24. The highest BCUT2D eigenvalue weighted by Gasteiger charge is 2.31. The van der Waals surface area contributed by atoms with Crippen molar-refractivity contribution in [3.8, 4) is 0 Å². The van der Waals surface area contributed by atoms with Gasteiger partial charge in [0.2, 0.25) is 10.0 Å². The van der Waals surface area contributed by atoms with Crippen LogP contribution >= 0.6 is 11.6 Å². The van der Waals surface area contributed by atoms with Gasteiger partial charge in [0.1, 0.15) is 5.60 Å². The zero-order chi connectivity index (χ0) is 18.7. The van der Waals surface area contributed by atoms with Crippen LogP contribution in [-0.4, -0.2) is 27.0 Å². The average molecular weight is 385 g/mol. The quantitative estimate of drug-likeness (QED) is 0.584. The maximum absolute atomic E-state index is 12.5. The van der Waals surface area contributed by atoms with Gasteiger partial charge in [0.25, 0.3) is 5.69 Å². The Morgan fingerprint density at radius 2 is 1.92 bits per heavy atom. The van der Waals surface area contributed by atoms with E-state index in [4.69, 9.17) is 16.3 Å². The number of nitrogens with one attached hydrogen (secondary N) is 1. The fraction of sp³-hybridized carbons (Fsp3) is 0.250. The molecule has 2 aromatic rings. The number of ether oxygens (including phenoxy) is 1. The molecule has 1 unspecified atom stereocenters. The van der Waals surface area contributed by atoms with Gasteiger partial charge in [0.05, 0.1) is 4.92 Å². The Morgan fingerprint density at radius 1 is 1.24 bits per heavy atom. The van der Waals surface area contributed by atoms with Crippen molar-refractivity contribution in [3.05, 3.63) is 69.2 Å². The first-order chi connectivity index (χ1) is 11.7. The molecule has 134 valence electrons. The maximum atomic E-state index is 12.5. The van der Waals surface area contributed by atoms with Crippen LogP contribution in [-0.2, 0) is 20.4 Å². The number of nitro groups is 1. The molecule has 0 fully saturated rings. The third-order valence-corrected chi connectivity index (χ3v) is 5.52. The second-order valence-corrected chi connectivity index (χ2v) is 7.67. The number of nitrogens with zero attached hydrogens (tertiary/aromatic N) is 1. The van der Waals surface area contributed by atoms with Crippen LogP contribution in [0.1, 0.15) is 12.5 Å². The number of rotatable bonds is 7. The van der Waals surface area contributed by atoms with Gasteiger partial charge in [-0.25, -0.2) is 13.1 Å². The van der Waals surface area contributed by atoms with Gasteiger partial charge >= 0.3 is 0 Å². The molecule has 0 saturated heterocycles. The van der Waals surface area contributed by atoms with Crippen molar-refractivity contribution < 1.29 is 18.1 Å². The first kappa shape index (κ1) is 19.3. The fourth-order valence-corrected chi connectivity index (χ4v) is 3.74. The molecule has 9 heteroatoms. The molecular weight excluding hydrogens is 368 g/mol. The number of para-hydroxylation sites is 1. The van der Waals surface area contributed by atoms with Gasteiger partial charge in [-0.2, -0.15) is 0 Å². The van der Waals surface area contributed by atoms with Gasteiger partial charge in [-0.15, -0.1) is 0 Å². The fourth-order valence-electron chi connectivity index (χ4n) is 2.26. The van der Waals surface area contributed by atoms with Crippen LogP contribution in [0.15, 0.2) is 53.4 Å². The van der Waals surface area contributed by atoms with Gasteiger partial charge < -0.3 is 4.74 Å². The number of nitro benzene ring substituents is 1. The van der Waals surface area contributed by atoms with E-state index in [0.29, 0.717) is 10.6 Å². The summed E-state index contributed by atoms with van der Waals surface area (Å²) in [5.74, 6) is 0. The van der Waals surface area contributed by atoms with Crippen molar-refractivity contribution in [2.45, 2.75) is 17.4 Å². The number of hydrogen-bond acceptors (Lipinski definition) is 5. The van der Waals surface area contributed by atoms with Crippen molar-refractivity contribution in [1.82, 2.24) is 4.72 Å². The van der Waals surface area contributed by atoms with Crippen molar-refractivity contribution in [2.75, 3.05) is 13.7 Å². The van der Waals surface area contributed by atoms with E-state index < -0.39 is 31.1 Å². The summed E-state index contributed by atoms with van der Waals surface area (Å²) in [5, 5.41) is 11.5. The lowest BCUT2D eigenvalue weighted by molar-refractivity contribution is -0.387. The summed E-state index contributed by atoms with van der Waals surface area (Å²) in [6.45, 7) is 1.57. The number of benzene rings is 2. The van der Waals surface area contributed by atoms with Crippen LogP contribution in [0.5, 0.6) is 0 Å². The Bertz CT molecular complexity index is 888. The second kappa shape index (κ2) is 7.49. The lowest BCUT2D eigenvalue weighted by atomic mass is 9.96. The highest BCUT2D eigenvalue weighted by atomic mass is 35.5. The van der Waals surface area contributed by atoms with Crippen LogP contribution in [0.4, 0.5) is 5.69 Å². The molecular formula is C16H17ClN2O5S. The zero-order valence-electron chi connectivity index (χ0n) is 13.6. The van der Waals surface area contributed by atoms with E-state index in [-0.39, 0.29) is 6.54 Å². The van der Waals surface area contributed by atoms with E-state index in [1.807, 2.05) is 0 Å². The SMILES string of the molecule is COC(C)(CNS(=O)(=O)c1ccccc1[N+](=O)[O-])c1cccc(Cl)c1. The first-order valence-corrected chi connectivity index (χ1v) is 9.10. The topological polar surface area (TPSA) is 98.5 Å². The van der Waals surface area contributed by atoms with E-state index in [0.717, 1.165) is 6.07 Å². The van der Waals surface area contributed by atoms with Crippen molar-refractivity contribution >= 4 is 27.3 Å². The molecule has 1 atom stereocenters. The summed E-state index contributed by atoms with van der Waals surface area (Å²) in [6.07, 6.45) is 0. The minimum atomic E-state index is -4.10. The molecule has 25 heavy (non-hydrogen) atoms. The van der Waals surface area contributed by atoms with E-state index in [2.05, 4.69) is 4.72 Å². The Kier molecular flexibility index (Phi) is 5.79. The Balaban J connectivity index is 2.31. The van der Waals surface area contributed by atoms with E-state index in [1.54, 1.807) is 31.2 Å². The molecule has 0 aliphatic heterocycles. The maximum Gasteiger partial charge on any atom is 0.289 e. The van der Waals surface area contributed by atoms with Crippen molar-refractivity contribution in [2.24, 2.45) is 0 Å². The van der Waals surface area contributed by atoms with Gasteiger partial charge in [-0.05, 0) is 30.7 Å². The minimum Gasteiger partial charge on any atom is -0.372 e. The predicted octanol–water partition coefficient (Wildman–Crippen LogP) is 3.09. The molecule has 2 aromatic carbocycles. The molecule has 0 aliphatic rings.